The fourth-order valence-electron chi connectivity index (χ4n) is 6.47. The van der Waals surface area contributed by atoms with E-state index in [0.717, 1.165) is 41.5 Å². The molecule has 0 spiro atoms. The predicted octanol–water partition coefficient (Wildman–Crippen LogP) is 5.38. The van der Waals surface area contributed by atoms with Crippen molar-refractivity contribution in [2.45, 2.75) is 44.9 Å². The zero-order valence-corrected chi connectivity index (χ0v) is 28.6. The van der Waals surface area contributed by atoms with Gasteiger partial charge in [-0.1, -0.05) is 36.4 Å². The highest BCUT2D eigenvalue weighted by Crippen LogP contribution is 2.42. The molecule has 3 N–H and O–H groups in total. The molecule has 2 fully saturated rings. The SMILES string of the molecule is [2H]C1([2H])N(c2ccc3c(-c4cc(C(=O)CCc5ccc(COc6nc(N)nc7nc[nH]c67)cc5)ccc4C(=O)[O-])c4ccc(=[N+]5C([2H])([2H])C([2H])([2H])C([2H])([2H])C5([2H])[2H])cc-4oc3c2)C([2H])([2H])C([2H])([2H])C1([2H])[2H]. The highest BCUT2D eigenvalue weighted by Gasteiger charge is 2.24. The van der Waals surface area contributed by atoms with Crippen molar-refractivity contribution in [3.63, 3.8) is 0 Å². The first-order valence-corrected chi connectivity index (χ1v) is 16.9. The largest absolute Gasteiger partial charge is 0.545 e. The van der Waals surface area contributed by atoms with Gasteiger partial charge in [-0.15, -0.1) is 0 Å². The molecule has 0 saturated carbocycles. The summed E-state index contributed by atoms with van der Waals surface area (Å²) in [4.78, 5) is 42.3. The van der Waals surface area contributed by atoms with Crippen LogP contribution in [0, 0.1) is 0 Å². The minimum atomic E-state index is -3.43. The Bertz CT molecular complexity index is 3340. The van der Waals surface area contributed by atoms with Crippen LogP contribution in [0.5, 0.6) is 5.88 Å². The molecule has 4 aliphatic rings. The van der Waals surface area contributed by atoms with E-state index in [2.05, 4.69) is 19.9 Å². The first-order valence-electron chi connectivity index (χ1n) is 24.9. The lowest BCUT2D eigenvalue weighted by Gasteiger charge is -2.21. The molecule has 0 atom stereocenters. The molecule has 0 unspecified atom stereocenters. The number of anilines is 2. The summed E-state index contributed by atoms with van der Waals surface area (Å²) in [6, 6.07) is 17.8. The van der Waals surface area contributed by atoms with E-state index < -0.39 is 79.8 Å². The number of H-pyrrole nitrogens is 1. The van der Waals surface area contributed by atoms with Crippen LogP contribution < -0.4 is 30.4 Å². The molecule has 0 amide bonds. The third-order valence-electron chi connectivity index (χ3n) is 9.14. The Morgan fingerprint density at radius 2 is 1.73 bits per heavy atom. The number of aryl methyl sites for hydroxylation is 1. The van der Waals surface area contributed by atoms with E-state index in [9.17, 15) is 14.7 Å². The van der Waals surface area contributed by atoms with Crippen molar-refractivity contribution in [3.8, 4) is 28.3 Å². The second-order valence-corrected chi connectivity index (χ2v) is 12.5. The molecule has 276 valence electrons. The smallest absolute Gasteiger partial charge is 0.245 e. The van der Waals surface area contributed by atoms with Crippen LogP contribution in [0.3, 0.4) is 0 Å². The van der Waals surface area contributed by atoms with Crippen LogP contribution in [-0.2, 0) is 13.0 Å². The van der Waals surface area contributed by atoms with Crippen molar-refractivity contribution >= 4 is 45.5 Å². The first kappa shape index (κ1) is 20.8. The summed E-state index contributed by atoms with van der Waals surface area (Å²) in [5.41, 5.74) is 6.89. The number of aromatic nitrogens is 4. The molecule has 12 nitrogen and oxygen atoms in total. The Balaban J connectivity index is 1.14. The summed E-state index contributed by atoms with van der Waals surface area (Å²) < 4.78 is 148. The van der Waals surface area contributed by atoms with Crippen molar-refractivity contribution in [1.82, 2.24) is 24.5 Å². The second kappa shape index (κ2) is 14.3. The lowest BCUT2D eigenvalue weighted by molar-refractivity contribution is -0.254. The lowest BCUT2D eigenvalue weighted by Crippen LogP contribution is -2.26. The number of nitrogen functional groups attached to an aromatic ring is 1. The Morgan fingerprint density at radius 3 is 2.53 bits per heavy atom. The average Bonchev–Trinajstić information content (AvgIpc) is 3.81. The molecule has 0 radical (unpaired) electrons. The standard InChI is InChI=1S/C43H39N7O5/c44-43-47-40-39(45-25-46-40)41(48-43)54-24-27-7-5-26(6-8-27)9-16-35(51)28-10-13-31(42(52)53)34(21-28)38-32-14-11-29(49-17-1-2-18-49)22-36(32)55-37-23-30(12-15-33(37)38)50-19-3-4-20-50/h5-8,10-15,21-23,25H,1-4,9,16-20,24H2,(H3-,44,45,46,47,48,52,53)/i1D2,2D2,3D2,4D2,17D2,18D2,19D2,20D2. The van der Waals surface area contributed by atoms with Crippen LogP contribution in [0.15, 0.2) is 89.6 Å². The number of hydrogen-bond donors (Lipinski definition) is 2. The van der Waals surface area contributed by atoms with E-state index in [1.54, 1.807) is 24.3 Å². The number of rotatable bonds is 10. The molecule has 2 aromatic heterocycles. The molecular formula is C43H39N7O5. The van der Waals surface area contributed by atoms with E-state index >= 15 is 0 Å². The number of carboxylic acid groups (broad SMARTS) is 1. The third-order valence-corrected chi connectivity index (χ3v) is 9.14. The van der Waals surface area contributed by atoms with Crippen molar-refractivity contribution < 1.29 is 45.8 Å². The molecule has 3 aliphatic heterocycles. The number of carbonyl (C=O) groups excluding carboxylic acids is 2. The van der Waals surface area contributed by atoms with E-state index in [-0.39, 0.29) is 79.7 Å². The maximum atomic E-state index is 14.0. The summed E-state index contributed by atoms with van der Waals surface area (Å²) >= 11 is 0. The topological polar surface area (TPSA) is 166 Å². The molecule has 55 heavy (non-hydrogen) atoms. The number of carboxylic acids is 1. The van der Waals surface area contributed by atoms with Crippen molar-refractivity contribution in [2.75, 3.05) is 36.6 Å². The summed E-state index contributed by atoms with van der Waals surface area (Å²) in [6.07, 6.45) is -12.1. The number of ketones is 1. The summed E-state index contributed by atoms with van der Waals surface area (Å²) in [6.45, 7) is -13.2. The van der Waals surface area contributed by atoms with Gasteiger partial charge in [0.1, 0.15) is 41.9 Å². The maximum absolute atomic E-state index is 14.0. The molecule has 1 aliphatic carbocycles. The van der Waals surface area contributed by atoms with Crippen LogP contribution in [0.25, 0.3) is 44.6 Å². The van der Waals surface area contributed by atoms with Crippen LogP contribution >= 0.6 is 0 Å². The van der Waals surface area contributed by atoms with Crippen molar-refractivity contribution in [3.05, 3.63) is 113 Å². The third kappa shape index (κ3) is 6.75. The number of nitrogens with one attached hydrogen (secondary N) is 1. The average molecular weight is 750 g/mol. The molecule has 5 heterocycles. The zero-order chi connectivity index (χ0) is 51.8. The monoisotopic (exact) mass is 749 g/mol. The second-order valence-electron chi connectivity index (χ2n) is 12.5. The van der Waals surface area contributed by atoms with E-state index in [0.29, 0.717) is 11.2 Å². The molecule has 9 rings (SSSR count). The lowest BCUT2D eigenvalue weighted by atomic mass is 9.88. The number of ether oxygens (including phenoxy) is 1. The normalized spacial score (nSPS) is 26.0. The van der Waals surface area contributed by atoms with Gasteiger partial charge in [0.15, 0.2) is 11.4 Å². The van der Waals surface area contributed by atoms with Gasteiger partial charge >= 0.3 is 0 Å². The van der Waals surface area contributed by atoms with Gasteiger partial charge in [0, 0.05) is 94.1 Å². The Labute approximate surface area is 338 Å². The number of Topliss-reactive ketones (excluding diaryl/α,β-unsaturated/α-hetero) is 1. The molecule has 3 aromatic carbocycles. The van der Waals surface area contributed by atoms with Gasteiger partial charge in [0.05, 0.1) is 18.4 Å². The van der Waals surface area contributed by atoms with E-state index in [1.807, 2.05) is 0 Å². The van der Waals surface area contributed by atoms with Gasteiger partial charge in [0.2, 0.25) is 17.2 Å². The molecule has 5 aromatic rings. The Hall–Kier alpha value is -6.56. The highest BCUT2D eigenvalue weighted by atomic mass is 16.5. The van der Waals surface area contributed by atoms with Gasteiger partial charge in [-0.2, -0.15) is 9.97 Å². The molecule has 12 heteroatoms. The highest BCUT2D eigenvalue weighted by molar-refractivity contribution is 6.09. The Morgan fingerprint density at radius 1 is 0.927 bits per heavy atom. The van der Waals surface area contributed by atoms with Gasteiger partial charge in [0.25, 0.3) is 0 Å². The maximum Gasteiger partial charge on any atom is 0.245 e. The number of fused-ring (bicyclic) bond motifs is 3. The number of benzene rings is 4. The fraction of sp³-hybridized carbons (Fsp3) is 0.256. The first-order chi connectivity index (χ1) is 32.9. The predicted molar refractivity (Wildman–Crippen MR) is 208 cm³/mol. The number of nitrogens with zero attached hydrogens (tertiary/aromatic N) is 5. The van der Waals surface area contributed by atoms with Crippen molar-refractivity contribution in [2.24, 2.45) is 0 Å². The number of hydrogen-bond acceptors (Lipinski definition) is 10. The molecule has 0 bridgehead atoms. The van der Waals surface area contributed by atoms with Gasteiger partial charge in [-0.25, -0.2) is 9.56 Å². The number of aromatic amines is 1. The van der Waals surface area contributed by atoms with Crippen molar-refractivity contribution in [1.29, 1.82) is 0 Å². The zero-order valence-electron chi connectivity index (χ0n) is 44.6. The Kier molecular flexibility index (Phi) is 5.42. The minimum absolute atomic E-state index is 0.000117. The van der Waals surface area contributed by atoms with Gasteiger partial charge in [-0.3, -0.25) is 4.79 Å². The quantitative estimate of drug-likeness (QED) is 0.105. The number of carbonyl (C=O) groups is 2. The van der Waals surface area contributed by atoms with Crippen LogP contribution in [-0.4, -0.2) is 57.7 Å². The number of aromatic carboxylic acids is 1. The van der Waals surface area contributed by atoms with Crippen LogP contribution in [0.1, 0.15) is 85.7 Å². The molecular weight excluding hydrogens is 695 g/mol. The van der Waals surface area contributed by atoms with Gasteiger partial charge < -0.3 is 34.7 Å². The van der Waals surface area contributed by atoms with Gasteiger partial charge in [-0.05, 0) is 60.1 Å². The molecule has 2 saturated heterocycles. The number of nitrogens with two attached hydrogens (primary N) is 1. The summed E-state index contributed by atoms with van der Waals surface area (Å²) in [7, 11) is 0. The fourth-order valence-corrected chi connectivity index (χ4v) is 6.47. The van der Waals surface area contributed by atoms with E-state index in [4.69, 9.17) is 36.8 Å². The van der Waals surface area contributed by atoms with Crippen LogP contribution in [0.4, 0.5) is 11.6 Å². The number of imidazole rings is 1. The summed E-state index contributed by atoms with van der Waals surface area (Å²) in [5.74, 6) is -2.22. The minimum Gasteiger partial charge on any atom is -0.545 e. The van der Waals surface area contributed by atoms with Crippen LogP contribution in [0.2, 0.25) is 0 Å². The summed E-state index contributed by atoms with van der Waals surface area (Å²) in [5, 5.41) is 12.5. The van der Waals surface area contributed by atoms with E-state index in [1.165, 1.54) is 30.6 Å².